The summed E-state index contributed by atoms with van der Waals surface area (Å²) in [6.45, 7) is -0.357. The minimum Gasteiger partial charge on any atom is -0.341 e. The largest absolute Gasteiger partial charge is 0.341 e. The fraction of sp³-hybridized carbons (Fsp3) is 0.533. The monoisotopic (exact) mass is 374 g/mol. The molecule has 1 aromatic carbocycles. The maximum absolute atomic E-state index is 12.1. The molecule has 1 aliphatic heterocycles. The van der Waals surface area contributed by atoms with Gasteiger partial charge in [-0.05, 0) is 18.4 Å². The lowest BCUT2D eigenvalue weighted by atomic mass is 10.2. The van der Waals surface area contributed by atoms with Crippen LogP contribution in [0.15, 0.2) is 30.3 Å². The highest BCUT2D eigenvalue weighted by Gasteiger charge is 2.32. The topological polar surface area (TPSA) is 101 Å². The Labute approximate surface area is 143 Å². The molecule has 1 fully saturated rings. The Morgan fingerprint density at radius 1 is 1.29 bits per heavy atom. The third-order valence-corrected chi connectivity index (χ3v) is 7.17. The lowest BCUT2D eigenvalue weighted by Gasteiger charge is -2.23. The van der Waals surface area contributed by atoms with E-state index in [1.807, 2.05) is 30.3 Å². The highest BCUT2D eigenvalue weighted by Crippen LogP contribution is 2.16. The Morgan fingerprint density at radius 3 is 2.54 bits per heavy atom. The van der Waals surface area contributed by atoms with E-state index in [2.05, 4.69) is 4.72 Å². The van der Waals surface area contributed by atoms with Gasteiger partial charge in [0.1, 0.15) is 0 Å². The second kappa shape index (κ2) is 7.62. The number of hydrogen-bond acceptors (Lipinski definition) is 5. The third-order valence-electron chi connectivity index (χ3n) is 4.10. The highest BCUT2D eigenvalue weighted by atomic mass is 32.2. The van der Waals surface area contributed by atoms with Crippen LogP contribution in [0.5, 0.6) is 0 Å². The molecule has 0 radical (unpaired) electrons. The summed E-state index contributed by atoms with van der Waals surface area (Å²) in [4.78, 5) is 13.4. The molecule has 1 heterocycles. The first kappa shape index (κ1) is 18.9. The molecule has 0 aromatic heterocycles. The van der Waals surface area contributed by atoms with E-state index < -0.39 is 25.8 Å². The molecule has 0 saturated carbocycles. The zero-order valence-electron chi connectivity index (χ0n) is 13.5. The Morgan fingerprint density at radius 2 is 1.96 bits per heavy atom. The average molecular weight is 374 g/mol. The minimum absolute atomic E-state index is 0.0595. The molecule has 1 saturated heterocycles. The van der Waals surface area contributed by atoms with E-state index in [0.717, 1.165) is 5.56 Å². The molecule has 2 rings (SSSR count). The van der Waals surface area contributed by atoms with Gasteiger partial charge >= 0.3 is 0 Å². The van der Waals surface area contributed by atoms with Crippen LogP contribution < -0.4 is 4.72 Å². The molecule has 0 aliphatic carbocycles. The predicted molar refractivity (Wildman–Crippen MR) is 91.8 cm³/mol. The van der Waals surface area contributed by atoms with Crippen molar-refractivity contribution < 1.29 is 21.6 Å². The summed E-state index contributed by atoms with van der Waals surface area (Å²) in [5, 5.41) is 0. The molecular formula is C15H22N2O5S2. The summed E-state index contributed by atoms with van der Waals surface area (Å²) < 4.78 is 49.2. The van der Waals surface area contributed by atoms with Gasteiger partial charge in [0.15, 0.2) is 9.84 Å². The number of carbonyl (C=O) groups is 1. The maximum atomic E-state index is 12.1. The van der Waals surface area contributed by atoms with Crippen LogP contribution in [-0.4, -0.2) is 64.5 Å². The van der Waals surface area contributed by atoms with Gasteiger partial charge in [-0.2, -0.15) is 0 Å². The van der Waals surface area contributed by atoms with E-state index in [9.17, 15) is 21.6 Å². The van der Waals surface area contributed by atoms with E-state index in [1.165, 1.54) is 11.9 Å². The molecule has 134 valence electrons. The van der Waals surface area contributed by atoms with Crippen LogP contribution in [0.4, 0.5) is 0 Å². The zero-order chi connectivity index (χ0) is 17.8. The molecule has 1 aromatic rings. The van der Waals surface area contributed by atoms with Gasteiger partial charge in [0, 0.05) is 13.1 Å². The summed E-state index contributed by atoms with van der Waals surface area (Å²) in [5.74, 6) is -0.528. The number of amides is 1. The molecule has 24 heavy (non-hydrogen) atoms. The first-order valence-electron chi connectivity index (χ1n) is 7.66. The number of benzene rings is 1. The molecule has 1 aliphatic rings. The standard InChI is InChI=1S/C15H22N2O5S2/c1-17(14-8-9-23(19,20)12-14)15(18)11-16-24(21,22)10-7-13-5-3-2-4-6-13/h2-6,14,16H,7-12H2,1H3. The van der Waals surface area contributed by atoms with Gasteiger partial charge < -0.3 is 4.90 Å². The molecule has 1 amide bonds. The predicted octanol–water partition coefficient (Wildman–Crippen LogP) is -0.206. The fourth-order valence-electron chi connectivity index (χ4n) is 2.55. The number of rotatable bonds is 7. The van der Waals surface area contributed by atoms with Crippen molar-refractivity contribution in [3.8, 4) is 0 Å². The Balaban J connectivity index is 1.81. The first-order valence-corrected chi connectivity index (χ1v) is 11.1. The summed E-state index contributed by atoms with van der Waals surface area (Å²) in [6, 6.07) is 8.83. The summed E-state index contributed by atoms with van der Waals surface area (Å²) >= 11 is 0. The molecule has 1 atom stereocenters. The van der Waals surface area contributed by atoms with E-state index in [0.29, 0.717) is 12.8 Å². The van der Waals surface area contributed by atoms with Crippen molar-refractivity contribution in [1.82, 2.24) is 9.62 Å². The molecule has 7 nitrogen and oxygen atoms in total. The first-order chi connectivity index (χ1) is 11.2. The summed E-state index contributed by atoms with van der Waals surface area (Å²) in [5.41, 5.74) is 0.905. The average Bonchev–Trinajstić information content (AvgIpc) is 2.91. The van der Waals surface area contributed by atoms with Crippen LogP contribution in [-0.2, 0) is 31.1 Å². The van der Waals surface area contributed by atoms with Gasteiger partial charge in [-0.25, -0.2) is 21.6 Å². The number of nitrogens with one attached hydrogen (secondary N) is 1. The van der Waals surface area contributed by atoms with Crippen LogP contribution in [0.25, 0.3) is 0 Å². The molecule has 0 spiro atoms. The van der Waals surface area contributed by atoms with E-state index in [4.69, 9.17) is 0 Å². The van der Waals surface area contributed by atoms with Crippen molar-refractivity contribution in [3.05, 3.63) is 35.9 Å². The van der Waals surface area contributed by atoms with Crippen LogP contribution in [0, 0.1) is 0 Å². The van der Waals surface area contributed by atoms with Crippen molar-refractivity contribution in [2.24, 2.45) is 0 Å². The van der Waals surface area contributed by atoms with Gasteiger partial charge in [0.2, 0.25) is 15.9 Å². The second-order valence-electron chi connectivity index (χ2n) is 5.94. The third kappa shape index (κ3) is 5.57. The molecule has 1 unspecified atom stereocenters. The lowest BCUT2D eigenvalue weighted by Crippen LogP contribution is -2.44. The van der Waals surface area contributed by atoms with Crippen molar-refractivity contribution in [2.75, 3.05) is 30.9 Å². The highest BCUT2D eigenvalue weighted by molar-refractivity contribution is 7.91. The van der Waals surface area contributed by atoms with Crippen LogP contribution in [0.1, 0.15) is 12.0 Å². The van der Waals surface area contributed by atoms with Gasteiger partial charge in [0.25, 0.3) is 0 Å². The number of carbonyl (C=O) groups excluding carboxylic acids is 1. The zero-order valence-corrected chi connectivity index (χ0v) is 15.1. The minimum atomic E-state index is -3.57. The van der Waals surface area contributed by atoms with Crippen LogP contribution >= 0.6 is 0 Å². The number of aryl methyl sites for hydroxylation is 1. The second-order valence-corrected chi connectivity index (χ2v) is 10.1. The maximum Gasteiger partial charge on any atom is 0.237 e. The van der Waals surface area contributed by atoms with Gasteiger partial charge in [-0.15, -0.1) is 0 Å². The van der Waals surface area contributed by atoms with Crippen molar-refractivity contribution in [2.45, 2.75) is 18.9 Å². The van der Waals surface area contributed by atoms with Crippen LogP contribution in [0.3, 0.4) is 0 Å². The number of sulfonamides is 1. The normalized spacial score (nSPS) is 20.0. The molecule has 9 heteroatoms. The number of likely N-dealkylation sites (N-methyl/N-ethyl adjacent to an activating group) is 1. The van der Waals surface area contributed by atoms with Crippen molar-refractivity contribution >= 4 is 25.8 Å². The summed E-state index contributed by atoms with van der Waals surface area (Å²) in [7, 11) is -5.15. The van der Waals surface area contributed by atoms with Crippen molar-refractivity contribution in [3.63, 3.8) is 0 Å². The summed E-state index contributed by atoms with van der Waals surface area (Å²) in [6.07, 6.45) is 0.756. The Bertz CT molecular complexity index is 775. The number of hydrogen-bond donors (Lipinski definition) is 1. The molecule has 1 N–H and O–H groups in total. The van der Waals surface area contributed by atoms with E-state index in [-0.39, 0.29) is 29.8 Å². The molecular weight excluding hydrogens is 352 g/mol. The smallest absolute Gasteiger partial charge is 0.237 e. The Hall–Kier alpha value is -1.45. The molecule has 0 bridgehead atoms. The van der Waals surface area contributed by atoms with E-state index >= 15 is 0 Å². The van der Waals surface area contributed by atoms with Crippen LogP contribution in [0.2, 0.25) is 0 Å². The lowest BCUT2D eigenvalue weighted by molar-refractivity contribution is -0.130. The van der Waals surface area contributed by atoms with Crippen molar-refractivity contribution in [1.29, 1.82) is 0 Å². The SMILES string of the molecule is CN(C(=O)CNS(=O)(=O)CCc1ccccc1)C1CCS(=O)(=O)C1. The Kier molecular flexibility index (Phi) is 6.00. The van der Waals surface area contributed by atoms with Gasteiger partial charge in [0.05, 0.1) is 23.8 Å². The van der Waals surface area contributed by atoms with Gasteiger partial charge in [-0.3, -0.25) is 4.79 Å². The quantitative estimate of drug-likeness (QED) is 0.712. The fourth-order valence-corrected chi connectivity index (χ4v) is 5.32. The van der Waals surface area contributed by atoms with Gasteiger partial charge in [-0.1, -0.05) is 30.3 Å². The number of sulfone groups is 1. The number of nitrogens with zero attached hydrogens (tertiary/aromatic N) is 1. The van der Waals surface area contributed by atoms with E-state index in [1.54, 1.807) is 0 Å².